The van der Waals surface area contributed by atoms with Crippen molar-refractivity contribution in [3.8, 4) is 6.07 Å². The molecule has 4 aliphatic heterocycles. The molecule has 0 aliphatic carbocycles. The molecule has 0 unspecified atom stereocenters. The summed E-state index contributed by atoms with van der Waals surface area (Å²) in [5.74, 6) is 1.13. The molecule has 7 heteroatoms. The minimum absolute atomic E-state index is 0.188. The maximum atomic E-state index is 9.56. The van der Waals surface area contributed by atoms with Crippen LogP contribution in [-0.2, 0) is 6.54 Å². The van der Waals surface area contributed by atoms with Crippen LogP contribution in [0.2, 0.25) is 0 Å². The number of hydrogen-bond donors (Lipinski definition) is 1. The molecule has 0 saturated carbocycles. The third-order valence-corrected chi connectivity index (χ3v) is 8.45. The molecule has 0 bridgehead atoms. The lowest BCUT2D eigenvalue weighted by Crippen LogP contribution is -2.54. The highest BCUT2D eigenvalue weighted by molar-refractivity contribution is 5.95. The number of fused-ring (bicyclic) bond motifs is 4. The van der Waals surface area contributed by atoms with Gasteiger partial charge in [-0.15, -0.1) is 0 Å². The van der Waals surface area contributed by atoms with E-state index in [1.54, 1.807) is 6.07 Å². The van der Waals surface area contributed by atoms with Gasteiger partial charge in [-0.25, -0.2) is 4.98 Å². The lowest BCUT2D eigenvalue weighted by molar-refractivity contribution is 0.133. The Kier molecular flexibility index (Phi) is 4.16. The van der Waals surface area contributed by atoms with Crippen LogP contribution in [0.5, 0.6) is 0 Å². The molecule has 0 radical (unpaired) electrons. The van der Waals surface area contributed by atoms with Crippen molar-refractivity contribution < 1.29 is 1.37 Å². The lowest BCUT2D eigenvalue weighted by atomic mass is 9.81. The summed E-state index contributed by atoms with van der Waals surface area (Å²) in [6.07, 6.45) is 1.45. The fourth-order valence-electron chi connectivity index (χ4n) is 6.51. The van der Waals surface area contributed by atoms with Gasteiger partial charge in [0.05, 0.1) is 24.2 Å². The standard InChI is InChI=1S/C27H29N7/c1-18-12-33(23-6-4-19(11-28)26-21(23)3-2-9-30-26)14-24-20-5-7-25(31-22(20)13-34(18)24)32-10-8-27(17-32)15-29-16-27/h2-7,9,18,24,29H,8,10,12-17H2,1H3/t18-,24-/m1/s1/i9D. The minimum atomic E-state index is 0.188. The van der Waals surface area contributed by atoms with Gasteiger partial charge in [0.2, 0.25) is 0 Å². The Hall–Kier alpha value is -3.21. The van der Waals surface area contributed by atoms with E-state index < -0.39 is 0 Å². The van der Waals surface area contributed by atoms with Crippen molar-refractivity contribution in [2.45, 2.75) is 32.0 Å². The van der Waals surface area contributed by atoms with Crippen LogP contribution in [0.4, 0.5) is 11.5 Å². The number of benzene rings is 1. The Bertz CT molecular complexity index is 1380. The molecule has 2 aromatic heterocycles. The molecule has 3 aromatic rings. The predicted molar refractivity (Wildman–Crippen MR) is 133 cm³/mol. The Morgan fingerprint density at radius 3 is 2.88 bits per heavy atom. The van der Waals surface area contributed by atoms with Crippen molar-refractivity contribution in [3.05, 3.63) is 59.4 Å². The molecule has 6 heterocycles. The van der Waals surface area contributed by atoms with Crippen molar-refractivity contribution in [1.29, 1.82) is 5.26 Å². The number of nitrogens with one attached hydrogen (secondary N) is 1. The first kappa shape index (κ1) is 19.1. The zero-order chi connectivity index (χ0) is 23.7. The van der Waals surface area contributed by atoms with Crippen LogP contribution in [0, 0.1) is 16.7 Å². The summed E-state index contributed by atoms with van der Waals surface area (Å²) in [6, 6.07) is 15.0. The Labute approximate surface area is 201 Å². The second-order valence-electron chi connectivity index (χ2n) is 10.5. The van der Waals surface area contributed by atoms with E-state index in [4.69, 9.17) is 6.35 Å². The zero-order valence-corrected chi connectivity index (χ0v) is 19.5. The lowest BCUT2D eigenvalue weighted by Gasteiger charge is -2.43. The predicted octanol–water partition coefficient (Wildman–Crippen LogP) is 3.07. The van der Waals surface area contributed by atoms with E-state index >= 15 is 0 Å². The first-order chi connectivity index (χ1) is 17.0. The topological polar surface area (TPSA) is 71.3 Å². The van der Waals surface area contributed by atoms with Crippen LogP contribution < -0.4 is 15.1 Å². The number of anilines is 2. The first-order valence-electron chi connectivity index (χ1n) is 12.8. The molecule has 7 rings (SSSR count). The van der Waals surface area contributed by atoms with E-state index in [1.807, 2.05) is 18.2 Å². The first-order valence-corrected chi connectivity index (χ1v) is 12.3. The summed E-state index contributed by atoms with van der Waals surface area (Å²) in [6.45, 7) is 9.48. The molecule has 2 atom stereocenters. The van der Waals surface area contributed by atoms with Gasteiger partial charge in [-0.3, -0.25) is 9.88 Å². The minimum Gasteiger partial charge on any atom is -0.368 e. The molecule has 34 heavy (non-hydrogen) atoms. The summed E-state index contributed by atoms with van der Waals surface area (Å²) in [5, 5.41) is 14.0. The van der Waals surface area contributed by atoms with Gasteiger partial charge in [-0.2, -0.15) is 5.26 Å². The number of nitriles is 1. The highest BCUT2D eigenvalue weighted by atomic mass is 15.3. The molecule has 0 amide bonds. The van der Waals surface area contributed by atoms with Crippen LogP contribution in [0.25, 0.3) is 10.9 Å². The molecule has 3 fully saturated rings. The quantitative estimate of drug-likeness (QED) is 0.641. The van der Waals surface area contributed by atoms with E-state index in [1.165, 1.54) is 17.7 Å². The normalized spacial score (nSPS) is 25.7. The van der Waals surface area contributed by atoms with E-state index in [0.29, 0.717) is 28.6 Å². The van der Waals surface area contributed by atoms with E-state index in [2.05, 4.69) is 50.1 Å². The van der Waals surface area contributed by atoms with Crippen LogP contribution in [0.15, 0.2) is 42.6 Å². The third kappa shape index (κ3) is 2.95. The summed E-state index contributed by atoms with van der Waals surface area (Å²) in [5.41, 5.74) is 5.26. The number of rotatable bonds is 2. The van der Waals surface area contributed by atoms with Crippen LogP contribution in [0.3, 0.4) is 0 Å². The smallest absolute Gasteiger partial charge is 0.128 e. The summed E-state index contributed by atoms with van der Waals surface area (Å²) in [7, 11) is 0. The second-order valence-corrected chi connectivity index (χ2v) is 10.5. The number of aromatic nitrogens is 2. The average Bonchev–Trinajstić information content (AvgIpc) is 3.46. The number of pyridine rings is 2. The SMILES string of the molecule is [2H]c1ccc2c(N3C[C@@H](C)N4Cc5nc(N6CCC7(CNC7)C6)ccc5[C@H]4C3)ccc(C#N)c2n1. The van der Waals surface area contributed by atoms with E-state index in [0.717, 1.165) is 62.7 Å². The van der Waals surface area contributed by atoms with Crippen LogP contribution in [0.1, 0.15) is 37.6 Å². The Morgan fingerprint density at radius 2 is 2.09 bits per heavy atom. The van der Waals surface area contributed by atoms with Gasteiger partial charge in [-0.05, 0) is 49.2 Å². The third-order valence-electron chi connectivity index (χ3n) is 8.45. The number of piperazine rings is 1. The highest BCUT2D eigenvalue weighted by Gasteiger charge is 2.44. The van der Waals surface area contributed by atoms with Gasteiger partial charge in [0, 0.05) is 74.5 Å². The number of hydrogen-bond acceptors (Lipinski definition) is 7. The molecule has 1 N–H and O–H groups in total. The summed E-state index contributed by atoms with van der Waals surface area (Å²) < 4.78 is 7.93. The summed E-state index contributed by atoms with van der Waals surface area (Å²) >= 11 is 0. The molecular formula is C27H29N7. The van der Waals surface area contributed by atoms with E-state index in [9.17, 15) is 5.26 Å². The van der Waals surface area contributed by atoms with Gasteiger partial charge in [-0.1, -0.05) is 6.07 Å². The fourth-order valence-corrected chi connectivity index (χ4v) is 6.51. The van der Waals surface area contributed by atoms with Crippen molar-refractivity contribution in [3.63, 3.8) is 0 Å². The fraction of sp³-hybridized carbons (Fsp3) is 0.444. The van der Waals surface area contributed by atoms with Gasteiger partial charge < -0.3 is 15.1 Å². The monoisotopic (exact) mass is 452 g/mol. The molecule has 1 aromatic carbocycles. The average molecular weight is 453 g/mol. The molecule has 1 spiro atoms. The van der Waals surface area contributed by atoms with Gasteiger partial charge >= 0.3 is 0 Å². The molecule has 3 saturated heterocycles. The van der Waals surface area contributed by atoms with Crippen molar-refractivity contribution in [2.75, 3.05) is 49.1 Å². The van der Waals surface area contributed by atoms with Gasteiger partial charge in [0.1, 0.15) is 11.9 Å². The Morgan fingerprint density at radius 1 is 1.18 bits per heavy atom. The molecule has 7 nitrogen and oxygen atoms in total. The van der Waals surface area contributed by atoms with E-state index in [-0.39, 0.29) is 6.17 Å². The van der Waals surface area contributed by atoms with Crippen molar-refractivity contribution in [1.82, 2.24) is 20.2 Å². The van der Waals surface area contributed by atoms with Crippen LogP contribution in [-0.4, -0.2) is 60.2 Å². The second kappa shape index (κ2) is 7.39. The van der Waals surface area contributed by atoms with Crippen molar-refractivity contribution in [2.24, 2.45) is 5.41 Å². The van der Waals surface area contributed by atoms with Gasteiger partial charge in [0.25, 0.3) is 0 Å². The molecule has 4 aliphatic rings. The molecule has 172 valence electrons. The Balaban J connectivity index is 1.19. The van der Waals surface area contributed by atoms with Crippen LogP contribution >= 0.6 is 0 Å². The maximum Gasteiger partial charge on any atom is 0.128 e. The largest absolute Gasteiger partial charge is 0.368 e. The van der Waals surface area contributed by atoms with Gasteiger partial charge in [0.15, 0.2) is 0 Å². The molecular weight excluding hydrogens is 422 g/mol. The maximum absolute atomic E-state index is 9.56. The number of nitrogens with zero attached hydrogens (tertiary/aromatic N) is 6. The van der Waals surface area contributed by atoms with Crippen molar-refractivity contribution >= 4 is 22.4 Å². The highest BCUT2D eigenvalue weighted by Crippen LogP contribution is 2.42. The zero-order valence-electron chi connectivity index (χ0n) is 20.5. The summed E-state index contributed by atoms with van der Waals surface area (Å²) in [4.78, 5) is 17.0.